The van der Waals surface area contributed by atoms with Gasteiger partial charge in [0, 0.05) is 0 Å². The van der Waals surface area contributed by atoms with E-state index in [-0.39, 0.29) is 0 Å². The van der Waals surface area contributed by atoms with Crippen molar-refractivity contribution >= 4 is 0 Å². The Morgan fingerprint density at radius 3 is 2.50 bits per heavy atom. The fourth-order valence-electron chi connectivity index (χ4n) is 0.990. The first-order valence-corrected chi connectivity index (χ1v) is 4.04. The monoisotopic (exact) mass is 164 g/mol. The average molecular weight is 164 g/mol. The molecular weight excluding hydrogens is 150 g/mol. The molecule has 0 fully saturated rings. The quantitative estimate of drug-likeness (QED) is 0.733. The van der Waals surface area contributed by atoms with Gasteiger partial charge in [-0.2, -0.15) is 0 Å². The molecule has 2 N–H and O–H groups in total. The van der Waals surface area contributed by atoms with Gasteiger partial charge in [-0.3, -0.25) is 0 Å². The molecule has 0 unspecified atom stereocenters. The van der Waals surface area contributed by atoms with Gasteiger partial charge >= 0.3 is 0 Å². The lowest BCUT2D eigenvalue weighted by Crippen LogP contribution is -1.98. The van der Waals surface area contributed by atoms with Gasteiger partial charge in [-0.05, 0) is 37.1 Å². The molecule has 1 radical (unpaired) electrons. The zero-order chi connectivity index (χ0) is 8.81. The highest BCUT2D eigenvalue weighted by molar-refractivity contribution is 5.30. The first kappa shape index (κ1) is 9.07. The molecular formula is C10H14NO. The summed E-state index contributed by atoms with van der Waals surface area (Å²) in [6.07, 6.45) is 3.03. The van der Waals surface area contributed by atoms with E-state index in [9.17, 15) is 0 Å². The molecule has 0 aliphatic heterocycles. The normalized spacial score (nSPS) is 9.83. The smallest absolute Gasteiger partial charge is 0.118 e. The molecule has 0 bridgehead atoms. The van der Waals surface area contributed by atoms with Crippen molar-refractivity contribution in [2.24, 2.45) is 5.73 Å². The van der Waals surface area contributed by atoms with Crippen molar-refractivity contribution in [3.05, 3.63) is 36.2 Å². The highest BCUT2D eigenvalue weighted by Crippen LogP contribution is 2.12. The lowest BCUT2D eigenvalue weighted by atomic mass is 10.1. The third-order valence-corrected chi connectivity index (χ3v) is 1.66. The minimum absolute atomic E-state index is 0.700. The van der Waals surface area contributed by atoms with Crippen molar-refractivity contribution < 1.29 is 4.74 Å². The van der Waals surface area contributed by atoms with Crippen molar-refractivity contribution in [3.8, 4) is 5.75 Å². The Labute approximate surface area is 73.3 Å². The molecule has 0 aromatic heterocycles. The summed E-state index contributed by atoms with van der Waals surface area (Å²) >= 11 is 0. The molecule has 65 valence electrons. The molecule has 12 heavy (non-hydrogen) atoms. The van der Waals surface area contributed by atoms with E-state index in [1.807, 2.05) is 24.3 Å². The fourth-order valence-corrected chi connectivity index (χ4v) is 0.990. The Hall–Kier alpha value is -1.02. The largest absolute Gasteiger partial charge is 0.497 e. The second kappa shape index (κ2) is 4.78. The molecule has 2 heteroatoms. The highest BCUT2D eigenvalue weighted by Gasteiger charge is 1.93. The summed E-state index contributed by atoms with van der Waals surface area (Å²) in [4.78, 5) is 0. The van der Waals surface area contributed by atoms with E-state index in [2.05, 4.69) is 6.42 Å². The third-order valence-electron chi connectivity index (χ3n) is 1.66. The Morgan fingerprint density at radius 2 is 2.00 bits per heavy atom. The molecule has 0 aliphatic carbocycles. The number of hydrogen-bond acceptors (Lipinski definition) is 2. The molecule has 1 aromatic carbocycles. The molecule has 0 saturated carbocycles. The molecule has 0 saturated heterocycles. The van der Waals surface area contributed by atoms with E-state index in [0.717, 1.165) is 12.2 Å². The van der Waals surface area contributed by atoms with Crippen LogP contribution in [0.1, 0.15) is 12.0 Å². The summed E-state index contributed by atoms with van der Waals surface area (Å²) in [5.74, 6) is 0.889. The predicted octanol–water partition coefficient (Wildman–Crippen LogP) is 1.60. The van der Waals surface area contributed by atoms with Crippen LogP contribution in [0.25, 0.3) is 0 Å². The predicted molar refractivity (Wildman–Crippen MR) is 50.1 cm³/mol. The zero-order valence-electron chi connectivity index (χ0n) is 7.29. The van der Waals surface area contributed by atoms with Gasteiger partial charge < -0.3 is 10.5 Å². The van der Waals surface area contributed by atoms with Gasteiger partial charge in [0.25, 0.3) is 0 Å². The van der Waals surface area contributed by atoms with Crippen LogP contribution in [0.4, 0.5) is 0 Å². The van der Waals surface area contributed by atoms with E-state index in [4.69, 9.17) is 10.5 Å². The van der Waals surface area contributed by atoms with Gasteiger partial charge in [0.1, 0.15) is 5.75 Å². The Morgan fingerprint density at radius 1 is 1.33 bits per heavy atom. The first-order valence-electron chi connectivity index (χ1n) is 4.04. The van der Waals surface area contributed by atoms with Crippen LogP contribution < -0.4 is 10.5 Å². The minimum Gasteiger partial charge on any atom is -0.497 e. The molecule has 0 aliphatic rings. The van der Waals surface area contributed by atoms with Gasteiger partial charge in [-0.1, -0.05) is 12.1 Å². The third kappa shape index (κ3) is 2.55. The maximum atomic E-state index is 5.38. The van der Waals surface area contributed by atoms with Crippen LogP contribution in [0.5, 0.6) is 5.75 Å². The van der Waals surface area contributed by atoms with Crippen LogP contribution in [-0.4, -0.2) is 13.7 Å². The summed E-state index contributed by atoms with van der Waals surface area (Å²) < 4.78 is 5.04. The van der Waals surface area contributed by atoms with E-state index in [0.29, 0.717) is 6.54 Å². The highest BCUT2D eigenvalue weighted by atomic mass is 16.5. The number of ether oxygens (including phenoxy) is 1. The maximum absolute atomic E-state index is 5.38. The van der Waals surface area contributed by atoms with Gasteiger partial charge in [0.15, 0.2) is 0 Å². The van der Waals surface area contributed by atoms with Gasteiger partial charge in [-0.15, -0.1) is 0 Å². The number of rotatable bonds is 4. The van der Waals surface area contributed by atoms with Gasteiger partial charge in [0.2, 0.25) is 0 Å². The summed E-state index contributed by atoms with van der Waals surface area (Å²) in [6, 6.07) is 7.94. The van der Waals surface area contributed by atoms with Crippen LogP contribution in [0.2, 0.25) is 0 Å². The summed E-state index contributed by atoms with van der Waals surface area (Å²) in [5.41, 5.74) is 6.57. The molecule has 2 nitrogen and oxygen atoms in total. The number of hydrogen-bond donors (Lipinski definition) is 1. The fraction of sp³-hybridized carbons (Fsp3) is 0.300. The Kier molecular flexibility index (Phi) is 3.61. The van der Waals surface area contributed by atoms with Crippen molar-refractivity contribution in [1.82, 2.24) is 0 Å². The van der Waals surface area contributed by atoms with E-state index in [1.54, 1.807) is 7.11 Å². The molecule has 0 atom stereocenters. The summed E-state index contributed by atoms with van der Waals surface area (Å²) in [6.45, 7) is 0.700. The number of benzene rings is 1. The second-order valence-corrected chi connectivity index (χ2v) is 2.55. The van der Waals surface area contributed by atoms with Crippen LogP contribution in [0.15, 0.2) is 24.3 Å². The topological polar surface area (TPSA) is 35.2 Å². The molecule has 1 aromatic rings. The van der Waals surface area contributed by atoms with Crippen molar-refractivity contribution in [3.63, 3.8) is 0 Å². The standard InChI is InChI=1S/C10H14NO/c1-12-10-6-4-9(5-7-10)3-2-8-11/h3-7H,2,8,11H2,1H3. The summed E-state index contributed by atoms with van der Waals surface area (Å²) in [5, 5.41) is 0. The van der Waals surface area contributed by atoms with Crippen molar-refractivity contribution in [1.29, 1.82) is 0 Å². The lowest BCUT2D eigenvalue weighted by Gasteiger charge is -2.01. The Balaban J connectivity index is 2.53. The average Bonchev–Trinajstić information content (AvgIpc) is 2.15. The SMILES string of the molecule is COc1ccc([CH]CCN)cc1. The zero-order valence-corrected chi connectivity index (χ0v) is 7.29. The Bertz CT molecular complexity index is 218. The molecule has 0 amide bonds. The number of methoxy groups -OCH3 is 1. The van der Waals surface area contributed by atoms with Gasteiger partial charge in [0.05, 0.1) is 7.11 Å². The molecule has 0 heterocycles. The minimum atomic E-state index is 0.700. The van der Waals surface area contributed by atoms with E-state index >= 15 is 0 Å². The van der Waals surface area contributed by atoms with Crippen LogP contribution >= 0.6 is 0 Å². The maximum Gasteiger partial charge on any atom is 0.118 e. The van der Waals surface area contributed by atoms with Crippen LogP contribution in [0.3, 0.4) is 0 Å². The lowest BCUT2D eigenvalue weighted by molar-refractivity contribution is 0.414. The summed E-state index contributed by atoms with van der Waals surface area (Å²) in [7, 11) is 1.67. The van der Waals surface area contributed by atoms with E-state index in [1.165, 1.54) is 5.56 Å². The van der Waals surface area contributed by atoms with Crippen molar-refractivity contribution in [2.75, 3.05) is 13.7 Å². The number of nitrogens with two attached hydrogens (primary N) is 1. The second-order valence-electron chi connectivity index (χ2n) is 2.55. The van der Waals surface area contributed by atoms with Crippen molar-refractivity contribution in [2.45, 2.75) is 6.42 Å². The van der Waals surface area contributed by atoms with E-state index < -0.39 is 0 Å². The van der Waals surface area contributed by atoms with Crippen LogP contribution in [0, 0.1) is 6.42 Å². The molecule has 1 rings (SSSR count). The first-order chi connectivity index (χ1) is 5.86. The molecule has 0 spiro atoms. The van der Waals surface area contributed by atoms with Gasteiger partial charge in [-0.25, -0.2) is 0 Å². The van der Waals surface area contributed by atoms with Crippen LogP contribution in [-0.2, 0) is 0 Å².